The lowest BCUT2D eigenvalue weighted by molar-refractivity contribution is 0.541. The molecule has 0 radical (unpaired) electrons. The number of nitrogens with one attached hydrogen (secondary N) is 2. The molecule has 2 heterocycles. The fourth-order valence-electron chi connectivity index (χ4n) is 3.46. The average molecular weight is 576 g/mol. The van der Waals surface area contributed by atoms with Gasteiger partial charge in [0.1, 0.15) is 11.6 Å². The minimum atomic E-state index is -0.725. The van der Waals surface area contributed by atoms with Crippen LogP contribution in [0.1, 0.15) is 32.2 Å². The molecule has 2 aromatic carbocycles. The van der Waals surface area contributed by atoms with E-state index in [-0.39, 0.29) is 21.6 Å². The van der Waals surface area contributed by atoms with Crippen molar-refractivity contribution in [1.29, 1.82) is 0 Å². The highest BCUT2D eigenvalue weighted by atomic mass is 32.2. The summed E-state index contributed by atoms with van der Waals surface area (Å²) in [6.45, 7) is 6.89. The topological polar surface area (TPSA) is 62.7 Å². The van der Waals surface area contributed by atoms with Crippen molar-refractivity contribution in [3.63, 3.8) is 0 Å². The standard InChI is InChI=1S/C27H28F3N5S3/c1-27(2,3)25-34-22(24(37-25)20-12-14-32-26(33-20)31-13-7-15-36-4)16-8-5-11-19(21(16)30)35-38-23-17(28)9-6-10-18(23)29/h5-6,8-12,14,35H,7,13,15H2,1-4H3,(H,31,32,33). The monoisotopic (exact) mass is 575 g/mol. The van der Waals surface area contributed by atoms with Crippen molar-refractivity contribution >= 4 is 46.7 Å². The molecule has 4 aromatic rings. The molecule has 5 nitrogen and oxygen atoms in total. The quantitative estimate of drug-likeness (QED) is 0.146. The summed E-state index contributed by atoms with van der Waals surface area (Å²) in [6, 6.07) is 10.2. The van der Waals surface area contributed by atoms with E-state index >= 15 is 4.39 Å². The summed E-state index contributed by atoms with van der Waals surface area (Å²) in [6.07, 6.45) is 4.72. The molecule has 0 bridgehead atoms. The van der Waals surface area contributed by atoms with Crippen molar-refractivity contribution in [2.24, 2.45) is 0 Å². The van der Waals surface area contributed by atoms with Crippen molar-refractivity contribution in [3.8, 4) is 21.8 Å². The molecule has 0 fully saturated rings. The Balaban J connectivity index is 1.70. The summed E-state index contributed by atoms with van der Waals surface area (Å²) in [5, 5.41) is 4.08. The third kappa shape index (κ3) is 6.62. The molecule has 0 unspecified atom stereocenters. The Kier molecular flexibility index (Phi) is 9.22. The first kappa shape index (κ1) is 28.3. The van der Waals surface area contributed by atoms with Crippen molar-refractivity contribution < 1.29 is 13.2 Å². The summed E-state index contributed by atoms with van der Waals surface area (Å²) in [5.41, 5.74) is 1.17. The van der Waals surface area contributed by atoms with Crippen molar-refractivity contribution in [1.82, 2.24) is 15.0 Å². The van der Waals surface area contributed by atoms with E-state index in [0.29, 0.717) is 34.2 Å². The van der Waals surface area contributed by atoms with Crippen LogP contribution in [0.15, 0.2) is 53.6 Å². The van der Waals surface area contributed by atoms with E-state index in [1.165, 1.54) is 23.5 Å². The molecule has 0 aliphatic heterocycles. The van der Waals surface area contributed by atoms with E-state index in [4.69, 9.17) is 4.98 Å². The zero-order chi connectivity index (χ0) is 27.3. The van der Waals surface area contributed by atoms with Crippen LogP contribution in [0.4, 0.5) is 24.8 Å². The van der Waals surface area contributed by atoms with Crippen LogP contribution in [0.3, 0.4) is 0 Å². The molecule has 0 saturated carbocycles. The zero-order valence-corrected chi connectivity index (χ0v) is 23.9. The second kappa shape index (κ2) is 12.4. The lowest BCUT2D eigenvalue weighted by atomic mass is 9.98. The van der Waals surface area contributed by atoms with E-state index in [9.17, 15) is 8.78 Å². The highest BCUT2D eigenvalue weighted by Crippen LogP contribution is 2.42. The molecule has 2 aromatic heterocycles. The molecule has 38 heavy (non-hydrogen) atoms. The number of nitrogens with zero attached hydrogens (tertiary/aromatic N) is 3. The Morgan fingerprint density at radius 3 is 2.42 bits per heavy atom. The van der Waals surface area contributed by atoms with Gasteiger partial charge in [-0.25, -0.2) is 28.1 Å². The number of halogens is 3. The van der Waals surface area contributed by atoms with Crippen LogP contribution in [0.5, 0.6) is 0 Å². The van der Waals surface area contributed by atoms with Crippen molar-refractivity contribution in [2.45, 2.75) is 37.5 Å². The van der Waals surface area contributed by atoms with E-state index in [1.807, 2.05) is 20.8 Å². The van der Waals surface area contributed by atoms with Crippen molar-refractivity contribution in [2.75, 3.05) is 28.6 Å². The van der Waals surface area contributed by atoms with Gasteiger partial charge in [-0.2, -0.15) is 11.8 Å². The molecule has 4 rings (SSSR count). The summed E-state index contributed by atoms with van der Waals surface area (Å²) >= 11 is 3.92. The summed E-state index contributed by atoms with van der Waals surface area (Å²) in [4.78, 5) is 14.3. The molecule has 0 saturated heterocycles. The summed E-state index contributed by atoms with van der Waals surface area (Å²) in [7, 11) is 0. The van der Waals surface area contributed by atoms with Gasteiger partial charge in [-0.1, -0.05) is 32.9 Å². The number of aromatic nitrogens is 3. The van der Waals surface area contributed by atoms with Crippen LogP contribution in [0.25, 0.3) is 21.8 Å². The van der Waals surface area contributed by atoms with Gasteiger partial charge in [0.25, 0.3) is 0 Å². The highest BCUT2D eigenvalue weighted by molar-refractivity contribution is 8.00. The molecular formula is C27H28F3N5S3. The lowest BCUT2D eigenvalue weighted by Crippen LogP contribution is -2.10. The molecule has 0 aliphatic rings. The van der Waals surface area contributed by atoms with Crippen LogP contribution in [0, 0.1) is 17.5 Å². The molecule has 200 valence electrons. The number of hydrogen-bond donors (Lipinski definition) is 2. The van der Waals surface area contributed by atoms with Crippen LogP contribution in [-0.2, 0) is 5.41 Å². The number of thiazole rings is 1. The Morgan fingerprint density at radius 1 is 0.974 bits per heavy atom. The smallest absolute Gasteiger partial charge is 0.223 e. The Hall–Kier alpha value is -2.76. The molecule has 0 spiro atoms. The lowest BCUT2D eigenvalue weighted by Gasteiger charge is -2.13. The Labute approximate surface area is 233 Å². The SMILES string of the molecule is CSCCCNc1nccc(-c2sc(C(C)(C)C)nc2-c2cccc(NSc3c(F)cccc3F)c2F)n1. The normalized spacial score (nSPS) is 11.6. The second-order valence-corrected chi connectivity index (χ2v) is 12.2. The maximum Gasteiger partial charge on any atom is 0.223 e. The zero-order valence-electron chi connectivity index (χ0n) is 21.4. The molecule has 0 atom stereocenters. The third-order valence-corrected chi connectivity index (χ3v) is 8.52. The van der Waals surface area contributed by atoms with Gasteiger partial charge in [0.2, 0.25) is 5.95 Å². The minimum Gasteiger partial charge on any atom is -0.354 e. The molecule has 11 heteroatoms. The van der Waals surface area contributed by atoms with Crippen LogP contribution >= 0.6 is 35.0 Å². The molecular weight excluding hydrogens is 548 g/mol. The maximum atomic E-state index is 15.8. The van der Waals surface area contributed by atoms with Gasteiger partial charge in [0, 0.05) is 23.7 Å². The minimum absolute atomic E-state index is 0.0882. The van der Waals surface area contributed by atoms with Gasteiger partial charge in [0.05, 0.1) is 31.9 Å². The van der Waals surface area contributed by atoms with Gasteiger partial charge in [-0.15, -0.1) is 11.3 Å². The highest BCUT2D eigenvalue weighted by Gasteiger charge is 2.26. The molecule has 0 aliphatic carbocycles. The molecule has 0 amide bonds. The number of benzene rings is 2. The first-order valence-electron chi connectivity index (χ1n) is 11.9. The summed E-state index contributed by atoms with van der Waals surface area (Å²) < 4.78 is 46.8. The van der Waals surface area contributed by atoms with Crippen molar-refractivity contribution in [3.05, 3.63) is 71.1 Å². The first-order chi connectivity index (χ1) is 18.2. The van der Waals surface area contributed by atoms with E-state index in [1.54, 1.807) is 36.2 Å². The largest absolute Gasteiger partial charge is 0.354 e. The van der Waals surface area contributed by atoms with E-state index < -0.39 is 17.5 Å². The number of rotatable bonds is 10. The van der Waals surface area contributed by atoms with Crippen LogP contribution in [0.2, 0.25) is 0 Å². The number of hydrogen-bond acceptors (Lipinski definition) is 8. The van der Waals surface area contributed by atoms with Gasteiger partial charge in [0.15, 0.2) is 5.82 Å². The summed E-state index contributed by atoms with van der Waals surface area (Å²) in [5.74, 6) is -0.492. The van der Waals surface area contributed by atoms with Gasteiger partial charge in [-0.3, -0.25) is 0 Å². The van der Waals surface area contributed by atoms with Crippen LogP contribution < -0.4 is 10.0 Å². The number of thioether (sulfide) groups is 1. The predicted molar refractivity (Wildman–Crippen MR) is 155 cm³/mol. The second-order valence-electron chi connectivity index (χ2n) is 9.41. The fourth-order valence-corrected chi connectivity index (χ4v) is 5.70. The Bertz CT molecular complexity index is 1380. The predicted octanol–water partition coefficient (Wildman–Crippen LogP) is 8.27. The Morgan fingerprint density at radius 2 is 1.71 bits per heavy atom. The average Bonchev–Trinajstić information content (AvgIpc) is 3.34. The maximum absolute atomic E-state index is 15.8. The van der Waals surface area contributed by atoms with E-state index in [0.717, 1.165) is 35.9 Å². The van der Waals surface area contributed by atoms with E-state index in [2.05, 4.69) is 26.3 Å². The van der Waals surface area contributed by atoms with Gasteiger partial charge >= 0.3 is 0 Å². The van der Waals surface area contributed by atoms with Crippen LogP contribution in [-0.4, -0.2) is 33.5 Å². The molecule has 2 N–H and O–H groups in total. The fraction of sp³-hybridized carbons (Fsp3) is 0.296. The first-order valence-corrected chi connectivity index (χ1v) is 14.9. The third-order valence-electron chi connectivity index (χ3n) is 5.40. The van der Waals surface area contributed by atoms with Gasteiger partial charge < -0.3 is 10.0 Å². The number of anilines is 2. The van der Waals surface area contributed by atoms with Gasteiger partial charge in [-0.05, 0) is 60.7 Å².